The third kappa shape index (κ3) is 5.43. The van der Waals surface area contributed by atoms with Gasteiger partial charge in [-0.3, -0.25) is 9.59 Å². The highest BCUT2D eigenvalue weighted by molar-refractivity contribution is 6.31. The lowest BCUT2D eigenvalue weighted by atomic mass is 10.1. The van der Waals surface area contributed by atoms with E-state index in [0.29, 0.717) is 18.9 Å². The molecule has 1 aliphatic heterocycles. The number of hydrogen-bond acceptors (Lipinski definition) is 5. The Hall–Kier alpha value is -2.64. The van der Waals surface area contributed by atoms with Crippen molar-refractivity contribution in [3.05, 3.63) is 58.9 Å². The highest BCUT2D eigenvalue weighted by atomic mass is 35.5. The molecule has 1 aliphatic rings. The SMILES string of the molecule is O=C(COC(=O)Cc1c(F)cccc1Cl)Nc1ccc(N2CCOCC2)cc1. The van der Waals surface area contributed by atoms with Crippen molar-refractivity contribution in [2.24, 2.45) is 0 Å². The normalized spacial score (nSPS) is 13.9. The highest BCUT2D eigenvalue weighted by Crippen LogP contribution is 2.20. The maximum atomic E-state index is 13.7. The average Bonchev–Trinajstić information content (AvgIpc) is 2.70. The van der Waals surface area contributed by atoms with Gasteiger partial charge in [0.1, 0.15) is 5.82 Å². The summed E-state index contributed by atoms with van der Waals surface area (Å²) in [6.45, 7) is 2.58. The number of hydrogen-bond donors (Lipinski definition) is 1. The van der Waals surface area contributed by atoms with Crippen molar-refractivity contribution in [2.75, 3.05) is 43.1 Å². The summed E-state index contributed by atoms with van der Waals surface area (Å²) >= 11 is 5.88. The summed E-state index contributed by atoms with van der Waals surface area (Å²) in [6.07, 6.45) is -0.340. The van der Waals surface area contributed by atoms with Gasteiger partial charge in [0, 0.05) is 35.1 Å². The molecule has 148 valence electrons. The zero-order valence-electron chi connectivity index (χ0n) is 15.1. The summed E-state index contributed by atoms with van der Waals surface area (Å²) in [5, 5.41) is 2.80. The molecule has 0 spiro atoms. The van der Waals surface area contributed by atoms with Crippen molar-refractivity contribution in [1.82, 2.24) is 0 Å². The standard InChI is InChI=1S/C20H20ClFN2O4/c21-17-2-1-3-18(22)16(17)12-20(26)28-13-19(25)23-14-4-6-15(7-5-14)24-8-10-27-11-9-24/h1-7H,8-13H2,(H,23,25). The summed E-state index contributed by atoms with van der Waals surface area (Å²) in [5.41, 5.74) is 1.69. The minimum atomic E-state index is -0.732. The molecule has 1 fully saturated rings. The number of ether oxygens (including phenoxy) is 2. The van der Waals surface area contributed by atoms with Gasteiger partial charge in [-0.25, -0.2) is 4.39 Å². The van der Waals surface area contributed by atoms with Gasteiger partial charge in [-0.1, -0.05) is 17.7 Å². The quantitative estimate of drug-likeness (QED) is 0.747. The summed E-state index contributed by atoms with van der Waals surface area (Å²) in [7, 11) is 0. The van der Waals surface area contributed by atoms with Gasteiger partial charge in [-0.2, -0.15) is 0 Å². The molecule has 1 N–H and O–H groups in total. The molecular formula is C20H20ClFN2O4. The van der Waals surface area contributed by atoms with Crippen LogP contribution >= 0.6 is 11.6 Å². The van der Waals surface area contributed by atoms with E-state index in [1.165, 1.54) is 18.2 Å². The van der Waals surface area contributed by atoms with Crippen molar-refractivity contribution in [3.8, 4) is 0 Å². The van der Waals surface area contributed by atoms with Gasteiger partial charge < -0.3 is 19.7 Å². The average molecular weight is 407 g/mol. The lowest BCUT2D eigenvalue weighted by Gasteiger charge is -2.28. The predicted octanol–water partition coefficient (Wildman–Crippen LogP) is 3.04. The van der Waals surface area contributed by atoms with Crippen LogP contribution in [0.25, 0.3) is 0 Å². The molecular weight excluding hydrogens is 387 g/mol. The molecule has 0 aliphatic carbocycles. The van der Waals surface area contributed by atoms with Gasteiger partial charge >= 0.3 is 5.97 Å². The number of rotatable bonds is 6. The van der Waals surface area contributed by atoms with E-state index >= 15 is 0 Å². The van der Waals surface area contributed by atoms with Crippen LogP contribution in [0.2, 0.25) is 5.02 Å². The molecule has 0 bridgehead atoms. The van der Waals surface area contributed by atoms with E-state index in [1.807, 2.05) is 12.1 Å². The lowest BCUT2D eigenvalue weighted by molar-refractivity contribution is -0.146. The van der Waals surface area contributed by atoms with Gasteiger partial charge in [0.25, 0.3) is 5.91 Å². The first-order chi connectivity index (χ1) is 13.5. The van der Waals surface area contributed by atoms with Gasteiger partial charge in [0.05, 0.1) is 19.6 Å². The van der Waals surface area contributed by atoms with Crippen molar-refractivity contribution in [3.63, 3.8) is 0 Å². The number of halogens is 2. The fourth-order valence-electron chi connectivity index (χ4n) is 2.82. The molecule has 28 heavy (non-hydrogen) atoms. The number of nitrogens with zero attached hydrogens (tertiary/aromatic N) is 1. The second-order valence-electron chi connectivity index (χ2n) is 6.23. The molecule has 1 saturated heterocycles. The van der Waals surface area contributed by atoms with E-state index < -0.39 is 24.3 Å². The minimum absolute atomic E-state index is 0.0493. The topological polar surface area (TPSA) is 67.9 Å². The van der Waals surface area contributed by atoms with E-state index in [2.05, 4.69) is 10.2 Å². The molecule has 0 saturated carbocycles. The molecule has 8 heteroatoms. The summed E-state index contributed by atoms with van der Waals surface area (Å²) in [4.78, 5) is 26.0. The first-order valence-electron chi connectivity index (χ1n) is 8.84. The fraction of sp³-hybridized carbons (Fsp3) is 0.300. The van der Waals surface area contributed by atoms with Crippen molar-refractivity contribution in [2.45, 2.75) is 6.42 Å². The van der Waals surface area contributed by atoms with E-state index in [0.717, 1.165) is 18.8 Å². The van der Waals surface area contributed by atoms with Crippen LogP contribution in [0.15, 0.2) is 42.5 Å². The Labute approximate surface area is 167 Å². The van der Waals surface area contributed by atoms with Crippen LogP contribution in [0.5, 0.6) is 0 Å². The molecule has 0 atom stereocenters. The van der Waals surface area contributed by atoms with Gasteiger partial charge in [0.2, 0.25) is 0 Å². The van der Waals surface area contributed by atoms with Crippen LogP contribution in [0.4, 0.5) is 15.8 Å². The van der Waals surface area contributed by atoms with Crippen LogP contribution in [0.3, 0.4) is 0 Å². The van der Waals surface area contributed by atoms with Crippen LogP contribution in [-0.4, -0.2) is 44.8 Å². The van der Waals surface area contributed by atoms with Crippen LogP contribution in [0, 0.1) is 5.82 Å². The Bertz CT molecular complexity index is 818. The minimum Gasteiger partial charge on any atom is -0.455 e. The number of morpholine rings is 1. The van der Waals surface area contributed by atoms with Crippen LogP contribution in [-0.2, 0) is 25.5 Å². The molecule has 1 amide bonds. The molecule has 0 unspecified atom stereocenters. The van der Waals surface area contributed by atoms with Crippen molar-refractivity contribution >= 4 is 34.9 Å². The number of nitrogens with one attached hydrogen (secondary N) is 1. The Morgan fingerprint density at radius 2 is 1.86 bits per heavy atom. The van der Waals surface area contributed by atoms with E-state index in [9.17, 15) is 14.0 Å². The number of benzene rings is 2. The predicted molar refractivity (Wildman–Crippen MR) is 104 cm³/mol. The molecule has 2 aromatic rings. The van der Waals surface area contributed by atoms with Gasteiger partial charge in [-0.15, -0.1) is 0 Å². The smallest absolute Gasteiger partial charge is 0.310 e. The molecule has 0 radical (unpaired) electrons. The maximum Gasteiger partial charge on any atom is 0.310 e. The Balaban J connectivity index is 1.46. The second kappa shape index (κ2) is 9.52. The van der Waals surface area contributed by atoms with E-state index in [1.54, 1.807) is 12.1 Å². The zero-order chi connectivity index (χ0) is 19.9. The lowest BCUT2D eigenvalue weighted by Crippen LogP contribution is -2.36. The molecule has 1 heterocycles. The zero-order valence-corrected chi connectivity index (χ0v) is 15.9. The summed E-state index contributed by atoms with van der Waals surface area (Å²) in [6, 6.07) is 11.5. The third-order valence-corrected chi connectivity index (χ3v) is 4.63. The number of carbonyl (C=O) groups excluding carboxylic acids is 2. The molecule has 3 rings (SSSR count). The molecule has 2 aromatic carbocycles. The Kier molecular flexibility index (Phi) is 6.84. The van der Waals surface area contributed by atoms with E-state index in [-0.39, 0.29) is 17.0 Å². The highest BCUT2D eigenvalue weighted by Gasteiger charge is 2.15. The van der Waals surface area contributed by atoms with Crippen molar-refractivity contribution < 1.29 is 23.5 Å². The Morgan fingerprint density at radius 1 is 1.14 bits per heavy atom. The first kappa shape index (κ1) is 20.1. The number of amides is 1. The summed E-state index contributed by atoms with van der Waals surface area (Å²) in [5.74, 6) is -1.80. The fourth-order valence-corrected chi connectivity index (χ4v) is 3.05. The number of carbonyl (C=O) groups is 2. The third-order valence-electron chi connectivity index (χ3n) is 4.27. The molecule has 0 aromatic heterocycles. The molecule has 6 nitrogen and oxygen atoms in total. The van der Waals surface area contributed by atoms with Crippen LogP contribution in [0.1, 0.15) is 5.56 Å². The maximum absolute atomic E-state index is 13.7. The first-order valence-corrected chi connectivity index (χ1v) is 9.22. The van der Waals surface area contributed by atoms with Gasteiger partial charge in [-0.05, 0) is 36.4 Å². The monoisotopic (exact) mass is 406 g/mol. The van der Waals surface area contributed by atoms with E-state index in [4.69, 9.17) is 21.1 Å². The van der Waals surface area contributed by atoms with Crippen LogP contribution < -0.4 is 10.2 Å². The number of anilines is 2. The van der Waals surface area contributed by atoms with Gasteiger partial charge in [0.15, 0.2) is 6.61 Å². The summed E-state index contributed by atoms with van der Waals surface area (Å²) < 4.78 is 23.9. The Morgan fingerprint density at radius 3 is 2.54 bits per heavy atom. The second-order valence-corrected chi connectivity index (χ2v) is 6.64. The number of esters is 1. The van der Waals surface area contributed by atoms with Crippen molar-refractivity contribution in [1.29, 1.82) is 0 Å². The largest absolute Gasteiger partial charge is 0.455 e.